The zero-order chi connectivity index (χ0) is 14.8. The van der Waals surface area contributed by atoms with Crippen LogP contribution in [0.25, 0.3) is 0 Å². The molecule has 20 heavy (non-hydrogen) atoms. The molecule has 1 saturated heterocycles. The lowest BCUT2D eigenvalue weighted by molar-refractivity contribution is 0.513. The fourth-order valence-corrected chi connectivity index (χ4v) is 3.32. The van der Waals surface area contributed by atoms with Crippen molar-refractivity contribution in [3.05, 3.63) is 28.8 Å². The standard InChI is InChI=1S/C17H27ClN2/c1-13(2)11-19-12-14-7-5-8-15(18)16(14)20-10-6-9-17(20,3)4/h5,7-8,13,19H,6,9-12H2,1-4H3. The zero-order valence-electron chi connectivity index (χ0n) is 13.2. The van der Waals surface area contributed by atoms with Crippen molar-refractivity contribution in [1.29, 1.82) is 0 Å². The second-order valence-electron chi connectivity index (χ2n) is 6.84. The molecular formula is C17H27ClN2. The SMILES string of the molecule is CC(C)CNCc1cccc(Cl)c1N1CCCC1(C)C. The predicted molar refractivity (Wildman–Crippen MR) is 88.7 cm³/mol. The van der Waals surface area contributed by atoms with E-state index >= 15 is 0 Å². The van der Waals surface area contributed by atoms with E-state index in [4.69, 9.17) is 11.6 Å². The zero-order valence-corrected chi connectivity index (χ0v) is 13.9. The summed E-state index contributed by atoms with van der Waals surface area (Å²) in [6, 6.07) is 6.27. The fourth-order valence-electron chi connectivity index (χ4n) is 3.02. The molecule has 0 unspecified atom stereocenters. The van der Waals surface area contributed by atoms with E-state index in [1.807, 2.05) is 6.07 Å². The molecule has 2 nitrogen and oxygen atoms in total. The van der Waals surface area contributed by atoms with Gasteiger partial charge < -0.3 is 10.2 Å². The fraction of sp³-hybridized carbons (Fsp3) is 0.647. The normalized spacial score (nSPS) is 18.0. The van der Waals surface area contributed by atoms with Gasteiger partial charge in [0.05, 0.1) is 10.7 Å². The van der Waals surface area contributed by atoms with Crippen LogP contribution in [0, 0.1) is 5.92 Å². The summed E-state index contributed by atoms with van der Waals surface area (Å²) < 4.78 is 0. The van der Waals surface area contributed by atoms with Crippen LogP contribution < -0.4 is 10.2 Å². The smallest absolute Gasteiger partial charge is 0.0643 e. The molecule has 0 aliphatic carbocycles. The molecule has 3 heteroatoms. The van der Waals surface area contributed by atoms with Crippen molar-refractivity contribution < 1.29 is 0 Å². The van der Waals surface area contributed by atoms with Crippen molar-refractivity contribution in [2.75, 3.05) is 18.0 Å². The van der Waals surface area contributed by atoms with Crippen LogP contribution in [-0.4, -0.2) is 18.6 Å². The van der Waals surface area contributed by atoms with Gasteiger partial charge >= 0.3 is 0 Å². The maximum atomic E-state index is 6.51. The van der Waals surface area contributed by atoms with E-state index in [-0.39, 0.29) is 5.54 Å². The van der Waals surface area contributed by atoms with Gasteiger partial charge in [0.25, 0.3) is 0 Å². The van der Waals surface area contributed by atoms with Gasteiger partial charge in [-0.25, -0.2) is 0 Å². The number of benzene rings is 1. The molecule has 2 rings (SSSR count). The molecule has 0 spiro atoms. The lowest BCUT2D eigenvalue weighted by Gasteiger charge is -2.36. The van der Waals surface area contributed by atoms with Crippen LogP contribution >= 0.6 is 11.6 Å². The molecule has 112 valence electrons. The monoisotopic (exact) mass is 294 g/mol. The van der Waals surface area contributed by atoms with Crippen LogP contribution in [0.5, 0.6) is 0 Å². The highest BCUT2D eigenvalue weighted by Gasteiger charge is 2.34. The topological polar surface area (TPSA) is 15.3 Å². The molecule has 0 bridgehead atoms. The number of anilines is 1. The van der Waals surface area contributed by atoms with Gasteiger partial charge in [-0.2, -0.15) is 0 Å². The lowest BCUT2D eigenvalue weighted by Crippen LogP contribution is -2.39. The van der Waals surface area contributed by atoms with Crippen LogP contribution in [0.1, 0.15) is 46.1 Å². The summed E-state index contributed by atoms with van der Waals surface area (Å²) in [5.41, 5.74) is 2.75. The Kier molecular flexibility index (Phi) is 4.98. The van der Waals surface area contributed by atoms with Crippen molar-refractivity contribution >= 4 is 17.3 Å². The molecule has 1 N–H and O–H groups in total. The van der Waals surface area contributed by atoms with E-state index in [0.29, 0.717) is 5.92 Å². The maximum Gasteiger partial charge on any atom is 0.0643 e. The summed E-state index contributed by atoms with van der Waals surface area (Å²) in [7, 11) is 0. The first-order chi connectivity index (χ1) is 9.42. The van der Waals surface area contributed by atoms with Gasteiger partial charge in [0, 0.05) is 18.6 Å². The van der Waals surface area contributed by atoms with Gasteiger partial charge in [-0.1, -0.05) is 37.6 Å². The molecule has 0 aromatic heterocycles. The Morgan fingerprint density at radius 2 is 2.10 bits per heavy atom. The Morgan fingerprint density at radius 1 is 1.35 bits per heavy atom. The van der Waals surface area contributed by atoms with Crippen molar-refractivity contribution in [2.45, 2.75) is 52.6 Å². The lowest BCUT2D eigenvalue weighted by atomic mass is 10.0. The largest absolute Gasteiger partial charge is 0.365 e. The van der Waals surface area contributed by atoms with Crippen molar-refractivity contribution in [3.63, 3.8) is 0 Å². The summed E-state index contributed by atoms with van der Waals surface area (Å²) in [6.07, 6.45) is 2.48. The quantitative estimate of drug-likeness (QED) is 0.862. The minimum atomic E-state index is 0.206. The van der Waals surface area contributed by atoms with Gasteiger partial charge in [-0.05, 0) is 50.8 Å². The number of nitrogens with zero attached hydrogens (tertiary/aromatic N) is 1. The third-order valence-corrected chi connectivity index (χ3v) is 4.41. The Hall–Kier alpha value is -0.730. The van der Waals surface area contributed by atoms with E-state index in [2.05, 4.69) is 50.0 Å². The first-order valence-corrected chi connectivity index (χ1v) is 8.05. The van der Waals surface area contributed by atoms with E-state index in [1.165, 1.54) is 24.1 Å². The first-order valence-electron chi connectivity index (χ1n) is 7.67. The molecule has 1 aliphatic heterocycles. The average molecular weight is 295 g/mol. The second-order valence-corrected chi connectivity index (χ2v) is 7.25. The summed E-state index contributed by atoms with van der Waals surface area (Å²) >= 11 is 6.51. The Bertz CT molecular complexity index is 454. The van der Waals surface area contributed by atoms with Crippen LogP contribution in [-0.2, 0) is 6.54 Å². The third kappa shape index (κ3) is 3.48. The van der Waals surface area contributed by atoms with Crippen molar-refractivity contribution in [3.8, 4) is 0 Å². The van der Waals surface area contributed by atoms with Crippen LogP contribution in [0.15, 0.2) is 18.2 Å². The van der Waals surface area contributed by atoms with Gasteiger partial charge in [-0.15, -0.1) is 0 Å². The number of rotatable bonds is 5. The molecule has 0 radical (unpaired) electrons. The van der Waals surface area contributed by atoms with Gasteiger partial charge in [0.15, 0.2) is 0 Å². The van der Waals surface area contributed by atoms with E-state index in [9.17, 15) is 0 Å². The Morgan fingerprint density at radius 3 is 2.70 bits per heavy atom. The molecule has 0 atom stereocenters. The predicted octanol–water partition coefficient (Wildman–Crippen LogP) is 4.46. The summed E-state index contributed by atoms with van der Waals surface area (Å²) in [5.74, 6) is 0.667. The summed E-state index contributed by atoms with van der Waals surface area (Å²) in [6.45, 7) is 12.1. The maximum absolute atomic E-state index is 6.51. The van der Waals surface area contributed by atoms with Gasteiger partial charge in [0.2, 0.25) is 0 Å². The van der Waals surface area contributed by atoms with Crippen LogP contribution in [0.4, 0.5) is 5.69 Å². The minimum absolute atomic E-state index is 0.206. The molecule has 0 saturated carbocycles. The number of para-hydroxylation sites is 1. The van der Waals surface area contributed by atoms with Gasteiger partial charge in [-0.3, -0.25) is 0 Å². The molecule has 1 fully saturated rings. The van der Waals surface area contributed by atoms with Crippen LogP contribution in [0.3, 0.4) is 0 Å². The molecule has 1 aliphatic rings. The van der Waals surface area contributed by atoms with E-state index in [0.717, 1.165) is 24.7 Å². The molecule has 1 heterocycles. The molecule has 1 aromatic rings. The Balaban J connectivity index is 2.22. The second kappa shape index (κ2) is 6.36. The Labute approximate surface area is 128 Å². The number of halogens is 1. The van der Waals surface area contributed by atoms with Gasteiger partial charge in [0.1, 0.15) is 0 Å². The van der Waals surface area contributed by atoms with Crippen LogP contribution in [0.2, 0.25) is 5.02 Å². The molecule has 0 amide bonds. The number of hydrogen-bond acceptors (Lipinski definition) is 2. The number of nitrogens with one attached hydrogen (secondary N) is 1. The highest BCUT2D eigenvalue weighted by atomic mass is 35.5. The van der Waals surface area contributed by atoms with Crippen molar-refractivity contribution in [2.24, 2.45) is 5.92 Å². The van der Waals surface area contributed by atoms with E-state index in [1.54, 1.807) is 0 Å². The summed E-state index contributed by atoms with van der Waals surface area (Å²) in [4.78, 5) is 2.49. The summed E-state index contributed by atoms with van der Waals surface area (Å²) in [5, 5.41) is 4.41. The minimum Gasteiger partial charge on any atom is -0.365 e. The van der Waals surface area contributed by atoms with Crippen molar-refractivity contribution in [1.82, 2.24) is 5.32 Å². The molecule has 1 aromatic carbocycles. The highest BCUT2D eigenvalue weighted by Crippen LogP contribution is 2.39. The number of hydrogen-bond donors (Lipinski definition) is 1. The van der Waals surface area contributed by atoms with E-state index < -0.39 is 0 Å². The third-order valence-electron chi connectivity index (χ3n) is 4.11. The highest BCUT2D eigenvalue weighted by molar-refractivity contribution is 6.33. The molecular weight excluding hydrogens is 268 g/mol. The first kappa shape index (κ1) is 15.7. The average Bonchev–Trinajstić information content (AvgIpc) is 2.69.